The van der Waals surface area contributed by atoms with E-state index in [1.54, 1.807) is 18.2 Å². The van der Waals surface area contributed by atoms with Crippen LogP contribution in [0.15, 0.2) is 30.8 Å². The molecule has 0 amide bonds. The summed E-state index contributed by atoms with van der Waals surface area (Å²) < 4.78 is 33.1. The van der Waals surface area contributed by atoms with E-state index in [2.05, 4.69) is 11.3 Å². The zero-order chi connectivity index (χ0) is 10.6. The SMILES string of the molecule is C=C(OC)c1ccccc1OC(F)F. The second-order valence-corrected chi connectivity index (χ2v) is 2.50. The molecule has 0 fully saturated rings. The van der Waals surface area contributed by atoms with E-state index in [0.29, 0.717) is 11.3 Å². The third-order valence-electron chi connectivity index (χ3n) is 1.65. The lowest BCUT2D eigenvalue weighted by molar-refractivity contribution is -0.0501. The van der Waals surface area contributed by atoms with Crippen LogP contribution in [0.2, 0.25) is 0 Å². The van der Waals surface area contributed by atoms with Gasteiger partial charge in [0.2, 0.25) is 0 Å². The Morgan fingerprint density at radius 3 is 2.57 bits per heavy atom. The standard InChI is InChI=1S/C10H10F2O2/c1-7(13-2)8-5-3-4-6-9(8)14-10(11)12/h3-6,10H,1H2,2H3. The molecule has 0 heterocycles. The van der Waals surface area contributed by atoms with Crippen LogP contribution < -0.4 is 4.74 Å². The summed E-state index contributed by atoms with van der Waals surface area (Å²) in [5, 5.41) is 0. The Morgan fingerprint density at radius 2 is 2.00 bits per heavy atom. The molecule has 14 heavy (non-hydrogen) atoms. The Morgan fingerprint density at radius 1 is 1.36 bits per heavy atom. The minimum absolute atomic E-state index is 0.0642. The predicted molar refractivity (Wildman–Crippen MR) is 49.1 cm³/mol. The van der Waals surface area contributed by atoms with Gasteiger partial charge in [-0.15, -0.1) is 0 Å². The number of hydrogen-bond acceptors (Lipinski definition) is 2. The number of alkyl halides is 2. The largest absolute Gasteiger partial charge is 0.497 e. The molecule has 0 aliphatic carbocycles. The lowest BCUT2D eigenvalue weighted by Crippen LogP contribution is -2.04. The van der Waals surface area contributed by atoms with Crippen LogP contribution in [0.5, 0.6) is 5.75 Å². The molecule has 0 radical (unpaired) electrons. The number of hydrogen-bond donors (Lipinski definition) is 0. The topological polar surface area (TPSA) is 18.5 Å². The molecular formula is C10H10F2O2. The van der Waals surface area contributed by atoms with Crippen LogP contribution in [-0.4, -0.2) is 13.7 Å². The van der Waals surface area contributed by atoms with Crippen molar-refractivity contribution in [3.63, 3.8) is 0 Å². The number of para-hydroxylation sites is 1. The van der Waals surface area contributed by atoms with Crippen molar-refractivity contribution in [3.05, 3.63) is 36.4 Å². The Balaban J connectivity index is 2.97. The van der Waals surface area contributed by atoms with Gasteiger partial charge in [0, 0.05) is 0 Å². The van der Waals surface area contributed by atoms with Gasteiger partial charge in [-0.25, -0.2) is 0 Å². The number of halogens is 2. The minimum Gasteiger partial charge on any atom is -0.497 e. The molecule has 1 aromatic carbocycles. The summed E-state index contributed by atoms with van der Waals surface area (Å²) in [4.78, 5) is 0. The van der Waals surface area contributed by atoms with Crippen LogP contribution in [-0.2, 0) is 4.74 Å². The molecular weight excluding hydrogens is 190 g/mol. The van der Waals surface area contributed by atoms with Gasteiger partial charge in [-0.05, 0) is 12.1 Å². The zero-order valence-electron chi connectivity index (χ0n) is 7.67. The highest BCUT2D eigenvalue weighted by Crippen LogP contribution is 2.26. The van der Waals surface area contributed by atoms with Crippen LogP contribution in [0.25, 0.3) is 5.76 Å². The van der Waals surface area contributed by atoms with Crippen LogP contribution in [0.1, 0.15) is 5.56 Å². The van der Waals surface area contributed by atoms with Crippen molar-refractivity contribution in [2.45, 2.75) is 6.61 Å². The molecule has 0 bridgehead atoms. The van der Waals surface area contributed by atoms with Crippen LogP contribution >= 0.6 is 0 Å². The van der Waals surface area contributed by atoms with Crippen LogP contribution in [0.4, 0.5) is 8.78 Å². The highest BCUT2D eigenvalue weighted by Gasteiger charge is 2.10. The molecule has 0 atom stereocenters. The van der Waals surface area contributed by atoms with E-state index in [-0.39, 0.29) is 5.75 Å². The maximum absolute atomic E-state index is 12.0. The van der Waals surface area contributed by atoms with Crippen molar-refractivity contribution in [2.24, 2.45) is 0 Å². The molecule has 1 aromatic rings. The van der Waals surface area contributed by atoms with Crippen molar-refractivity contribution < 1.29 is 18.3 Å². The van der Waals surface area contributed by atoms with Crippen molar-refractivity contribution in [2.75, 3.05) is 7.11 Å². The molecule has 76 valence electrons. The van der Waals surface area contributed by atoms with E-state index in [0.717, 1.165) is 0 Å². The molecule has 0 aromatic heterocycles. The molecule has 0 saturated heterocycles. The molecule has 0 spiro atoms. The normalized spacial score (nSPS) is 10.0. The molecule has 0 N–H and O–H groups in total. The van der Waals surface area contributed by atoms with Gasteiger partial charge in [0.25, 0.3) is 0 Å². The Hall–Kier alpha value is -1.58. The Labute approximate surface area is 80.8 Å². The van der Waals surface area contributed by atoms with Crippen LogP contribution in [0.3, 0.4) is 0 Å². The lowest BCUT2D eigenvalue weighted by Gasteiger charge is -2.11. The number of benzene rings is 1. The zero-order valence-corrected chi connectivity index (χ0v) is 7.67. The minimum atomic E-state index is -2.85. The molecule has 1 rings (SSSR count). The van der Waals surface area contributed by atoms with Gasteiger partial charge in [0.05, 0.1) is 12.7 Å². The van der Waals surface area contributed by atoms with E-state index in [1.165, 1.54) is 13.2 Å². The summed E-state index contributed by atoms with van der Waals surface area (Å²) in [5.41, 5.74) is 0.426. The maximum Gasteiger partial charge on any atom is 0.387 e. The quantitative estimate of drug-likeness (QED) is 0.696. The van der Waals surface area contributed by atoms with E-state index in [4.69, 9.17) is 4.74 Å². The van der Waals surface area contributed by atoms with Gasteiger partial charge in [0.1, 0.15) is 11.5 Å². The number of ether oxygens (including phenoxy) is 2. The van der Waals surface area contributed by atoms with Crippen molar-refractivity contribution in [3.8, 4) is 5.75 Å². The summed E-state index contributed by atoms with van der Waals surface area (Å²) in [6, 6.07) is 6.33. The first-order chi connectivity index (χ1) is 6.65. The van der Waals surface area contributed by atoms with Gasteiger partial charge in [0.15, 0.2) is 0 Å². The average Bonchev–Trinajstić information content (AvgIpc) is 2.16. The highest BCUT2D eigenvalue weighted by atomic mass is 19.3. The molecule has 0 aliphatic heterocycles. The Kier molecular flexibility index (Phi) is 3.45. The fourth-order valence-corrected chi connectivity index (χ4v) is 1.01. The molecule has 0 unspecified atom stereocenters. The maximum atomic E-state index is 12.0. The molecule has 0 aliphatic rings. The van der Waals surface area contributed by atoms with Gasteiger partial charge >= 0.3 is 6.61 Å². The first kappa shape index (κ1) is 10.5. The van der Waals surface area contributed by atoms with Gasteiger partial charge in [-0.1, -0.05) is 18.7 Å². The smallest absolute Gasteiger partial charge is 0.387 e. The summed E-state index contributed by atoms with van der Waals surface area (Å²) >= 11 is 0. The fraction of sp³-hybridized carbons (Fsp3) is 0.200. The van der Waals surface area contributed by atoms with Crippen molar-refractivity contribution >= 4 is 5.76 Å². The molecule has 4 heteroatoms. The van der Waals surface area contributed by atoms with E-state index in [9.17, 15) is 8.78 Å². The lowest BCUT2D eigenvalue weighted by atomic mass is 10.2. The van der Waals surface area contributed by atoms with Crippen molar-refractivity contribution in [1.82, 2.24) is 0 Å². The molecule has 2 nitrogen and oxygen atoms in total. The third kappa shape index (κ3) is 2.45. The van der Waals surface area contributed by atoms with E-state index < -0.39 is 6.61 Å². The van der Waals surface area contributed by atoms with Gasteiger partial charge < -0.3 is 9.47 Å². The Bertz CT molecular complexity index is 324. The second kappa shape index (κ2) is 4.60. The second-order valence-electron chi connectivity index (χ2n) is 2.50. The summed E-state index contributed by atoms with van der Waals surface area (Å²) in [7, 11) is 1.42. The predicted octanol–water partition coefficient (Wildman–Crippen LogP) is 2.91. The van der Waals surface area contributed by atoms with Gasteiger partial charge in [-0.3, -0.25) is 0 Å². The summed E-state index contributed by atoms with van der Waals surface area (Å²) in [6.45, 7) is 0.718. The monoisotopic (exact) mass is 200 g/mol. The first-order valence-electron chi connectivity index (χ1n) is 3.92. The molecule has 0 saturated carbocycles. The van der Waals surface area contributed by atoms with E-state index in [1.807, 2.05) is 0 Å². The van der Waals surface area contributed by atoms with Crippen LogP contribution in [0, 0.1) is 0 Å². The fourth-order valence-electron chi connectivity index (χ4n) is 1.01. The first-order valence-corrected chi connectivity index (χ1v) is 3.92. The number of methoxy groups -OCH3 is 1. The van der Waals surface area contributed by atoms with Crippen molar-refractivity contribution in [1.29, 1.82) is 0 Å². The summed E-state index contributed by atoms with van der Waals surface area (Å²) in [5.74, 6) is 0.357. The average molecular weight is 200 g/mol. The number of rotatable bonds is 4. The third-order valence-corrected chi connectivity index (χ3v) is 1.65. The summed E-state index contributed by atoms with van der Waals surface area (Å²) in [6.07, 6.45) is 0. The van der Waals surface area contributed by atoms with E-state index >= 15 is 0 Å². The van der Waals surface area contributed by atoms with Gasteiger partial charge in [-0.2, -0.15) is 8.78 Å². The highest BCUT2D eigenvalue weighted by molar-refractivity contribution is 5.63.